The molecule has 5 aromatic rings. The fourth-order valence-electron chi connectivity index (χ4n) is 5.84. The van der Waals surface area contributed by atoms with Gasteiger partial charge < -0.3 is 14.0 Å². The van der Waals surface area contributed by atoms with Crippen LogP contribution in [0.4, 0.5) is 4.39 Å². The Kier molecular flexibility index (Phi) is 6.08. The van der Waals surface area contributed by atoms with Crippen molar-refractivity contribution in [3.8, 4) is 17.1 Å². The van der Waals surface area contributed by atoms with Crippen molar-refractivity contribution in [2.45, 2.75) is 37.6 Å². The standard InChI is InChI=1S/C29H31FN6O4S/c1-5-40-29-24-25-22(14-19(15-31-25)26-17(2)33-34-35(26)3)36(28(24)23(16-32-29)41(4,37)38)27(18-10-12-39-13-11-18)20-8-6-7-9-21(20)30/h6-9,14-16,18,27H,5,10-13H2,1-4H3/t27-/m0/s1/i2D3. The highest BCUT2D eigenvalue weighted by molar-refractivity contribution is 7.91. The number of aromatic nitrogens is 6. The molecule has 0 bridgehead atoms. The summed E-state index contributed by atoms with van der Waals surface area (Å²) in [5.41, 5.74) is 1.92. The minimum atomic E-state index is -3.86. The van der Waals surface area contributed by atoms with E-state index in [1.165, 1.54) is 23.1 Å². The number of sulfone groups is 1. The van der Waals surface area contributed by atoms with Crippen molar-refractivity contribution in [2.75, 3.05) is 26.1 Å². The third-order valence-electron chi connectivity index (χ3n) is 7.58. The normalized spacial score (nSPS) is 16.9. The number of fused-ring (bicyclic) bond motifs is 3. The van der Waals surface area contributed by atoms with Gasteiger partial charge in [0, 0.05) is 48.0 Å². The third kappa shape index (κ3) is 4.64. The van der Waals surface area contributed by atoms with Crippen LogP contribution < -0.4 is 4.74 Å². The number of halogens is 1. The molecule has 10 nitrogen and oxygen atoms in total. The fourth-order valence-corrected chi connectivity index (χ4v) is 6.63. The summed E-state index contributed by atoms with van der Waals surface area (Å²) >= 11 is 0. The van der Waals surface area contributed by atoms with Gasteiger partial charge in [0.2, 0.25) is 5.88 Å². The molecule has 5 heterocycles. The van der Waals surface area contributed by atoms with E-state index in [4.69, 9.17) is 18.6 Å². The zero-order chi connectivity index (χ0) is 31.4. The zero-order valence-electron chi connectivity index (χ0n) is 25.8. The van der Waals surface area contributed by atoms with Crippen LogP contribution in [-0.4, -0.2) is 64.0 Å². The largest absolute Gasteiger partial charge is 0.477 e. The van der Waals surface area contributed by atoms with Crippen LogP contribution in [0, 0.1) is 18.6 Å². The molecule has 1 saturated heterocycles. The number of nitrogens with zero attached hydrogens (tertiary/aromatic N) is 6. The predicted molar refractivity (Wildman–Crippen MR) is 152 cm³/mol. The number of rotatable bonds is 7. The minimum absolute atomic E-state index is 0.0608. The Hall–Kier alpha value is -3.90. The van der Waals surface area contributed by atoms with Gasteiger partial charge in [0.05, 0.1) is 46.7 Å². The lowest BCUT2D eigenvalue weighted by atomic mass is 9.86. The van der Waals surface area contributed by atoms with E-state index < -0.39 is 28.5 Å². The van der Waals surface area contributed by atoms with Crippen molar-refractivity contribution < 1.29 is 26.4 Å². The summed E-state index contributed by atoms with van der Waals surface area (Å²) in [4.78, 5) is 9.07. The molecule has 0 amide bonds. The Morgan fingerprint density at radius 1 is 1.22 bits per heavy atom. The fraction of sp³-hybridized carbons (Fsp3) is 0.379. The molecule has 0 aliphatic carbocycles. The lowest BCUT2D eigenvalue weighted by Gasteiger charge is -2.33. The monoisotopic (exact) mass is 581 g/mol. The highest BCUT2D eigenvalue weighted by Gasteiger charge is 2.35. The number of hydrogen-bond acceptors (Lipinski definition) is 8. The van der Waals surface area contributed by atoms with Gasteiger partial charge in [-0.1, -0.05) is 23.4 Å². The number of ether oxygens (including phenoxy) is 2. The van der Waals surface area contributed by atoms with E-state index in [-0.39, 0.29) is 40.2 Å². The first-order valence-electron chi connectivity index (χ1n) is 14.8. The number of aryl methyl sites for hydroxylation is 2. The Labute approximate surface area is 241 Å². The van der Waals surface area contributed by atoms with E-state index in [1.54, 1.807) is 38.2 Å². The molecular formula is C29H31FN6O4S. The molecule has 1 aliphatic rings. The van der Waals surface area contributed by atoms with Gasteiger partial charge in [-0.25, -0.2) is 22.5 Å². The number of pyridine rings is 2. The Balaban J connectivity index is 1.80. The highest BCUT2D eigenvalue weighted by Crippen LogP contribution is 2.45. The van der Waals surface area contributed by atoms with E-state index >= 15 is 4.39 Å². The SMILES string of the molecule is [2H]C([2H])([2H])c1nnn(C)c1-c1cnc2c3c(OCC)ncc(S(C)(=O)=O)c3n([C@H](c3ccccc3F)C3CCOCC3)c2c1. The van der Waals surface area contributed by atoms with Gasteiger partial charge in [-0.05, 0) is 44.7 Å². The van der Waals surface area contributed by atoms with Crippen molar-refractivity contribution in [1.82, 2.24) is 29.5 Å². The van der Waals surface area contributed by atoms with Crippen LogP contribution in [0.2, 0.25) is 0 Å². The maximum absolute atomic E-state index is 15.8. The first kappa shape index (κ1) is 23.8. The van der Waals surface area contributed by atoms with Gasteiger partial charge in [0.15, 0.2) is 9.84 Å². The van der Waals surface area contributed by atoms with Crippen molar-refractivity contribution in [3.63, 3.8) is 0 Å². The molecular weight excluding hydrogens is 547 g/mol. The van der Waals surface area contributed by atoms with Crippen LogP contribution in [0.25, 0.3) is 33.2 Å². The molecule has 1 aromatic carbocycles. The van der Waals surface area contributed by atoms with Crippen molar-refractivity contribution in [2.24, 2.45) is 13.0 Å². The Bertz CT molecular complexity index is 1990. The second kappa shape index (κ2) is 10.5. The number of hydrogen-bond donors (Lipinski definition) is 0. The maximum Gasteiger partial charge on any atom is 0.225 e. The molecule has 1 atom stereocenters. The van der Waals surface area contributed by atoms with E-state index in [0.29, 0.717) is 53.6 Å². The summed E-state index contributed by atoms with van der Waals surface area (Å²) in [5.74, 6) is -0.400. The smallest absolute Gasteiger partial charge is 0.225 e. The van der Waals surface area contributed by atoms with E-state index in [9.17, 15) is 8.42 Å². The second-order valence-corrected chi connectivity index (χ2v) is 12.1. The summed E-state index contributed by atoms with van der Waals surface area (Å²) in [6.07, 6.45) is 5.05. The average Bonchev–Trinajstić information content (AvgIpc) is 3.53. The molecule has 0 spiro atoms. The van der Waals surface area contributed by atoms with Crippen LogP contribution in [-0.2, 0) is 21.6 Å². The third-order valence-corrected chi connectivity index (χ3v) is 8.68. The lowest BCUT2D eigenvalue weighted by molar-refractivity contribution is 0.0548. The van der Waals surface area contributed by atoms with Crippen molar-refractivity contribution in [3.05, 3.63) is 59.8 Å². The van der Waals surface area contributed by atoms with Crippen LogP contribution in [0.1, 0.15) is 41.2 Å². The summed E-state index contributed by atoms with van der Waals surface area (Å²) in [6.45, 7) is 0.411. The van der Waals surface area contributed by atoms with Gasteiger partial charge in [0.25, 0.3) is 0 Å². The molecule has 0 unspecified atom stereocenters. The Morgan fingerprint density at radius 3 is 2.71 bits per heavy atom. The molecule has 4 aromatic heterocycles. The second-order valence-electron chi connectivity index (χ2n) is 10.1. The molecule has 0 saturated carbocycles. The van der Waals surface area contributed by atoms with Crippen molar-refractivity contribution in [1.29, 1.82) is 0 Å². The summed E-state index contributed by atoms with van der Waals surface area (Å²) in [5, 5.41) is 8.23. The van der Waals surface area contributed by atoms with Crippen LogP contribution in [0.15, 0.2) is 47.6 Å². The molecule has 1 aliphatic heterocycles. The summed E-state index contributed by atoms with van der Waals surface area (Å²) in [6, 6.07) is 7.49. The van der Waals surface area contributed by atoms with E-state index in [1.807, 2.05) is 4.57 Å². The van der Waals surface area contributed by atoms with Gasteiger partial charge in [-0.2, -0.15) is 0 Å². The summed E-state index contributed by atoms with van der Waals surface area (Å²) in [7, 11) is -2.27. The molecule has 6 rings (SSSR count). The molecule has 0 N–H and O–H groups in total. The molecule has 1 fully saturated rings. The first-order chi connectivity index (χ1) is 20.9. The predicted octanol–water partition coefficient (Wildman–Crippen LogP) is 4.65. The van der Waals surface area contributed by atoms with Crippen LogP contribution >= 0.6 is 0 Å². The maximum atomic E-state index is 15.8. The van der Waals surface area contributed by atoms with Gasteiger partial charge in [-0.15, -0.1) is 5.10 Å². The number of benzene rings is 1. The van der Waals surface area contributed by atoms with Gasteiger partial charge in [-0.3, -0.25) is 4.98 Å². The topological polar surface area (TPSA) is 114 Å². The molecule has 41 heavy (non-hydrogen) atoms. The first-order valence-corrected chi connectivity index (χ1v) is 15.2. The van der Waals surface area contributed by atoms with E-state index in [2.05, 4.69) is 15.3 Å². The summed E-state index contributed by atoms with van der Waals surface area (Å²) < 4.78 is 81.2. The average molecular weight is 582 g/mol. The van der Waals surface area contributed by atoms with Gasteiger partial charge >= 0.3 is 0 Å². The molecule has 0 radical (unpaired) electrons. The highest BCUT2D eigenvalue weighted by atomic mass is 32.2. The van der Waals surface area contributed by atoms with Crippen molar-refractivity contribution >= 4 is 31.8 Å². The quantitative estimate of drug-likeness (QED) is 0.273. The van der Waals surface area contributed by atoms with Crippen LogP contribution in [0.3, 0.4) is 0 Å². The lowest BCUT2D eigenvalue weighted by Crippen LogP contribution is -2.28. The van der Waals surface area contributed by atoms with E-state index in [0.717, 1.165) is 6.26 Å². The zero-order valence-corrected chi connectivity index (χ0v) is 23.7. The van der Waals surface area contributed by atoms with Gasteiger partial charge in [0.1, 0.15) is 16.2 Å². The molecule has 214 valence electrons. The minimum Gasteiger partial charge on any atom is -0.477 e. The van der Waals surface area contributed by atoms with Crippen LogP contribution in [0.5, 0.6) is 5.88 Å². The Morgan fingerprint density at radius 2 is 2.00 bits per heavy atom. The molecule has 12 heteroatoms.